The first-order valence-corrected chi connectivity index (χ1v) is 8.15. The third-order valence-electron chi connectivity index (χ3n) is 5.64. The molecule has 0 atom stereocenters. The van der Waals surface area contributed by atoms with E-state index >= 15 is 0 Å². The first kappa shape index (κ1) is 12.6. The number of rotatable bonds is 1. The fourth-order valence-electron chi connectivity index (χ4n) is 4.35. The maximum absolute atomic E-state index is 4.61. The molecule has 1 N–H and O–H groups in total. The van der Waals surface area contributed by atoms with Crippen LogP contribution >= 0.6 is 0 Å². The number of anilines is 1. The van der Waals surface area contributed by atoms with Crippen molar-refractivity contribution in [3.8, 4) is 0 Å². The van der Waals surface area contributed by atoms with E-state index in [-0.39, 0.29) is 0 Å². The average molecular weight is 272 g/mol. The first-order chi connectivity index (χ1) is 9.86. The van der Waals surface area contributed by atoms with Gasteiger partial charge in [-0.2, -0.15) is 0 Å². The van der Waals surface area contributed by atoms with Crippen molar-refractivity contribution in [1.29, 1.82) is 0 Å². The monoisotopic (exact) mass is 272 g/mol. The topological polar surface area (TPSA) is 41.1 Å². The van der Waals surface area contributed by atoms with Crippen LogP contribution in [0.3, 0.4) is 0 Å². The van der Waals surface area contributed by atoms with Gasteiger partial charge in [0.25, 0.3) is 0 Å². The standard InChI is InChI=1S/C16H24N4/c1-2-5-16(4-1)6-9-20(10-7-16)15-13-11-17-8-3-14(13)18-12-19-15/h12,17H,1-11H2. The minimum Gasteiger partial charge on any atom is -0.356 e. The summed E-state index contributed by atoms with van der Waals surface area (Å²) in [6.45, 7) is 4.35. The summed E-state index contributed by atoms with van der Waals surface area (Å²) in [6, 6.07) is 0. The van der Waals surface area contributed by atoms with Crippen molar-refractivity contribution in [2.24, 2.45) is 5.41 Å². The summed E-state index contributed by atoms with van der Waals surface area (Å²) in [5.41, 5.74) is 3.29. The van der Waals surface area contributed by atoms with Crippen molar-refractivity contribution < 1.29 is 0 Å². The van der Waals surface area contributed by atoms with Crippen molar-refractivity contribution in [3.63, 3.8) is 0 Å². The Labute approximate surface area is 121 Å². The first-order valence-electron chi connectivity index (χ1n) is 8.15. The van der Waals surface area contributed by atoms with Gasteiger partial charge in [-0.3, -0.25) is 0 Å². The third-order valence-corrected chi connectivity index (χ3v) is 5.64. The molecule has 4 rings (SSSR count). The Kier molecular flexibility index (Phi) is 3.14. The molecule has 0 amide bonds. The Morgan fingerprint density at radius 2 is 1.85 bits per heavy atom. The molecule has 2 fully saturated rings. The summed E-state index contributed by atoms with van der Waals surface area (Å²) in [6.07, 6.45) is 11.4. The van der Waals surface area contributed by atoms with Gasteiger partial charge in [-0.15, -0.1) is 0 Å². The Morgan fingerprint density at radius 3 is 2.65 bits per heavy atom. The third kappa shape index (κ3) is 2.10. The molecule has 0 bridgehead atoms. The molecule has 0 unspecified atom stereocenters. The Morgan fingerprint density at radius 1 is 1.05 bits per heavy atom. The molecule has 20 heavy (non-hydrogen) atoms. The van der Waals surface area contributed by atoms with Crippen LogP contribution in [-0.2, 0) is 13.0 Å². The summed E-state index contributed by atoms with van der Waals surface area (Å²) in [5, 5.41) is 3.46. The molecule has 108 valence electrons. The molecular formula is C16H24N4. The van der Waals surface area contributed by atoms with Crippen LogP contribution in [0.25, 0.3) is 0 Å². The zero-order chi connectivity index (χ0) is 13.4. The molecule has 4 nitrogen and oxygen atoms in total. The van der Waals surface area contributed by atoms with Crippen molar-refractivity contribution in [2.45, 2.75) is 51.5 Å². The van der Waals surface area contributed by atoms with Gasteiger partial charge in [0.1, 0.15) is 12.1 Å². The van der Waals surface area contributed by atoms with Crippen LogP contribution < -0.4 is 10.2 Å². The van der Waals surface area contributed by atoms with E-state index in [2.05, 4.69) is 20.2 Å². The highest BCUT2D eigenvalue weighted by atomic mass is 15.2. The summed E-state index contributed by atoms with van der Waals surface area (Å²) >= 11 is 0. The zero-order valence-electron chi connectivity index (χ0n) is 12.2. The minimum absolute atomic E-state index is 0.682. The lowest BCUT2D eigenvalue weighted by atomic mass is 9.77. The van der Waals surface area contributed by atoms with Gasteiger partial charge in [-0.05, 0) is 31.1 Å². The molecule has 3 heterocycles. The van der Waals surface area contributed by atoms with Gasteiger partial charge in [-0.25, -0.2) is 9.97 Å². The molecular weight excluding hydrogens is 248 g/mol. The maximum atomic E-state index is 4.61. The second kappa shape index (κ2) is 4.99. The Bertz CT molecular complexity index is 483. The molecule has 1 spiro atoms. The van der Waals surface area contributed by atoms with E-state index in [9.17, 15) is 0 Å². The van der Waals surface area contributed by atoms with E-state index < -0.39 is 0 Å². The lowest BCUT2D eigenvalue weighted by Gasteiger charge is -2.40. The second-order valence-electron chi connectivity index (χ2n) is 6.74. The summed E-state index contributed by atoms with van der Waals surface area (Å²) < 4.78 is 0. The number of nitrogens with one attached hydrogen (secondary N) is 1. The van der Waals surface area contributed by atoms with E-state index in [0.29, 0.717) is 5.41 Å². The highest BCUT2D eigenvalue weighted by Gasteiger charge is 2.37. The molecule has 4 heteroatoms. The Balaban J connectivity index is 1.54. The van der Waals surface area contributed by atoms with E-state index in [1.54, 1.807) is 6.33 Å². The van der Waals surface area contributed by atoms with E-state index in [4.69, 9.17) is 0 Å². The number of piperidine rings is 1. The lowest BCUT2D eigenvalue weighted by Crippen LogP contribution is -2.40. The fraction of sp³-hybridized carbons (Fsp3) is 0.750. The van der Waals surface area contributed by atoms with E-state index in [1.165, 1.54) is 68.7 Å². The second-order valence-corrected chi connectivity index (χ2v) is 6.74. The van der Waals surface area contributed by atoms with Gasteiger partial charge in [0.05, 0.1) is 5.69 Å². The predicted molar refractivity (Wildman–Crippen MR) is 79.8 cm³/mol. The van der Waals surface area contributed by atoms with Crippen LogP contribution in [0.5, 0.6) is 0 Å². The van der Waals surface area contributed by atoms with Crippen LogP contribution in [-0.4, -0.2) is 29.6 Å². The fourth-order valence-corrected chi connectivity index (χ4v) is 4.35. The molecule has 0 radical (unpaired) electrons. The van der Waals surface area contributed by atoms with Crippen molar-refractivity contribution in [1.82, 2.24) is 15.3 Å². The largest absolute Gasteiger partial charge is 0.356 e. The molecule has 1 aromatic rings. The summed E-state index contributed by atoms with van der Waals surface area (Å²) in [5.74, 6) is 1.20. The number of fused-ring (bicyclic) bond motifs is 1. The van der Waals surface area contributed by atoms with Gasteiger partial charge in [0.2, 0.25) is 0 Å². The molecule has 2 aliphatic heterocycles. The van der Waals surface area contributed by atoms with Gasteiger partial charge in [0, 0.05) is 38.2 Å². The molecule has 3 aliphatic rings. The predicted octanol–water partition coefficient (Wildman–Crippen LogP) is 2.28. The van der Waals surface area contributed by atoms with Crippen LogP contribution in [0.2, 0.25) is 0 Å². The Hall–Kier alpha value is -1.16. The van der Waals surface area contributed by atoms with E-state index in [0.717, 1.165) is 19.5 Å². The van der Waals surface area contributed by atoms with Gasteiger partial charge < -0.3 is 10.2 Å². The highest BCUT2D eigenvalue weighted by Crippen LogP contribution is 2.46. The molecule has 1 saturated heterocycles. The number of hydrogen-bond donors (Lipinski definition) is 1. The van der Waals surface area contributed by atoms with Crippen LogP contribution in [0.1, 0.15) is 49.8 Å². The number of hydrogen-bond acceptors (Lipinski definition) is 4. The normalized spacial score (nSPS) is 24.9. The van der Waals surface area contributed by atoms with Crippen molar-refractivity contribution in [2.75, 3.05) is 24.5 Å². The van der Waals surface area contributed by atoms with Crippen LogP contribution in [0, 0.1) is 5.41 Å². The van der Waals surface area contributed by atoms with E-state index in [1.807, 2.05) is 0 Å². The summed E-state index contributed by atoms with van der Waals surface area (Å²) in [4.78, 5) is 11.6. The molecule has 1 aliphatic carbocycles. The van der Waals surface area contributed by atoms with Gasteiger partial charge in [-0.1, -0.05) is 12.8 Å². The van der Waals surface area contributed by atoms with Gasteiger partial charge in [0.15, 0.2) is 0 Å². The van der Waals surface area contributed by atoms with Gasteiger partial charge >= 0.3 is 0 Å². The SMILES string of the molecule is c1nc2c(c(N3CCC4(CCCC4)CC3)n1)CNCC2. The highest BCUT2D eigenvalue weighted by molar-refractivity contribution is 5.49. The minimum atomic E-state index is 0.682. The van der Waals surface area contributed by atoms with Crippen LogP contribution in [0.15, 0.2) is 6.33 Å². The molecule has 1 saturated carbocycles. The number of aromatic nitrogens is 2. The number of nitrogens with zero attached hydrogens (tertiary/aromatic N) is 3. The maximum Gasteiger partial charge on any atom is 0.136 e. The zero-order valence-corrected chi connectivity index (χ0v) is 12.2. The lowest BCUT2D eigenvalue weighted by molar-refractivity contribution is 0.226. The molecule has 1 aromatic heterocycles. The van der Waals surface area contributed by atoms with Crippen molar-refractivity contribution >= 4 is 5.82 Å². The quantitative estimate of drug-likeness (QED) is 0.851. The molecule has 0 aromatic carbocycles. The smallest absolute Gasteiger partial charge is 0.136 e. The van der Waals surface area contributed by atoms with Crippen molar-refractivity contribution in [3.05, 3.63) is 17.6 Å². The van der Waals surface area contributed by atoms with Crippen LogP contribution in [0.4, 0.5) is 5.82 Å². The average Bonchev–Trinajstić information content (AvgIpc) is 2.96. The summed E-state index contributed by atoms with van der Waals surface area (Å²) in [7, 11) is 0.